The lowest BCUT2D eigenvalue weighted by Gasteiger charge is -2.18. The number of carbonyl (C=O) groups is 1. The summed E-state index contributed by atoms with van der Waals surface area (Å²) in [5, 5.41) is 2.86. The normalized spacial score (nSPS) is 11.2. The molecule has 3 nitrogen and oxygen atoms in total. The first-order chi connectivity index (χ1) is 9.38. The van der Waals surface area contributed by atoms with Crippen molar-refractivity contribution in [3.63, 3.8) is 0 Å². The highest BCUT2D eigenvalue weighted by atomic mass is 79.9. The lowest BCUT2D eigenvalue weighted by atomic mass is 9.96. The van der Waals surface area contributed by atoms with Crippen molar-refractivity contribution >= 4 is 27.7 Å². The van der Waals surface area contributed by atoms with Crippen molar-refractivity contribution in [3.8, 4) is 11.3 Å². The maximum Gasteiger partial charge on any atom is 0.230 e. The van der Waals surface area contributed by atoms with Gasteiger partial charge in [-0.3, -0.25) is 4.79 Å². The number of nitrogens with zero attached hydrogens (tertiary/aromatic N) is 1. The van der Waals surface area contributed by atoms with E-state index in [0.717, 1.165) is 15.7 Å². The van der Waals surface area contributed by atoms with Crippen LogP contribution >= 0.6 is 15.9 Å². The van der Waals surface area contributed by atoms with Crippen LogP contribution < -0.4 is 5.32 Å². The van der Waals surface area contributed by atoms with E-state index in [1.807, 2.05) is 63.2 Å². The molecule has 1 amide bonds. The Labute approximate surface area is 127 Å². The minimum Gasteiger partial charge on any atom is -0.309 e. The second-order valence-electron chi connectivity index (χ2n) is 5.60. The van der Waals surface area contributed by atoms with Crippen LogP contribution in [0.1, 0.15) is 20.8 Å². The van der Waals surface area contributed by atoms with Crippen LogP contribution in [0.4, 0.5) is 5.82 Å². The quantitative estimate of drug-likeness (QED) is 0.879. The largest absolute Gasteiger partial charge is 0.309 e. The van der Waals surface area contributed by atoms with E-state index in [4.69, 9.17) is 0 Å². The number of nitrogens with one attached hydrogen (secondary N) is 1. The Bertz CT molecular complexity index is 618. The number of carbonyl (C=O) groups excluding carboxylic acids is 1. The maximum atomic E-state index is 12.1. The molecule has 0 aliphatic carbocycles. The summed E-state index contributed by atoms with van der Waals surface area (Å²) in [5.41, 5.74) is 1.40. The fourth-order valence-electron chi connectivity index (χ4n) is 1.59. The lowest BCUT2D eigenvalue weighted by molar-refractivity contribution is -0.123. The summed E-state index contributed by atoms with van der Waals surface area (Å²) in [7, 11) is 0. The number of benzene rings is 1. The number of hydrogen-bond donors (Lipinski definition) is 1. The fourth-order valence-corrected chi connectivity index (χ4v) is 1.91. The monoisotopic (exact) mass is 332 g/mol. The average molecular weight is 333 g/mol. The third-order valence-electron chi connectivity index (χ3n) is 2.83. The van der Waals surface area contributed by atoms with Crippen molar-refractivity contribution in [2.24, 2.45) is 5.41 Å². The molecule has 20 heavy (non-hydrogen) atoms. The highest BCUT2D eigenvalue weighted by Crippen LogP contribution is 2.27. The summed E-state index contributed by atoms with van der Waals surface area (Å²) >= 11 is 3.42. The first-order valence-corrected chi connectivity index (χ1v) is 7.20. The summed E-state index contributed by atoms with van der Waals surface area (Å²) in [4.78, 5) is 16.6. The van der Waals surface area contributed by atoms with E-state index >= 15 is 0 Å². The van der Waals surface area contributed by atoms with Gasteiger partial charge in [-0.15, -0.1) is 0 Å². The molecule has 0 spiro atoms. The molecule has 2 rings (SSSR count). The highest BCUT2D eigenvalue weighted by molar-refractivity contribution is 9.10. The summed E-state index contributed by atoms with van der Waals surface area (Å²) in [6.45, 7) is 5.62. The summed E-state index contributed by atoms with van der Waals surface area (Å²) in [6.07, 6.45) is 0. The smallest absolute Gasteiger partial charge is 0.230 e. The van der Waals surface area contributed by atoms with Gasteiger partial charge in [0.2, 0.25) is 5.91 Å². The van der Waals surface area contributed by atoms with E-state index < -0.39 is 5.41 Å². The molecular weight excluding hydrogens is 316 g/mol. The zero-order valence-electron chi connectivity index (χ0n) is 11.8. The first kappa shape index (κ1) is 14.7. The van der Waals surface area contributed by atoms with Crippen LogP contribution in [-0.4, -0.2) is 10.9 Å². The van der Waals surface area contributed by atoms with Crippen LogP contribution in [0.15, 0.2) is 46.9 Å². The van der Waals surface area contributed by atoms with Gasteiger partial charge in [-0.05, 0) is 28.1 Å². The van der Waals surface area contributed by atoms with Crippen molar-refractivity contribution in [1.29, 1.82) is 0 Å². The second-order valence-corrected chi connectivity index (χ2v) is 6.45. The number of halogens is 1. The standard InChI is InChI=1S/C16H17BrN2O/c1-16(2,3)15(20)19-14-12(17)9-10-13(18-14)11-7-5-4-6-8-11/h4-10H,1-3H3,(H,18,19,20). The number of aromatic nitrogens is 1. The van der Waals surface area contributed by atoms with E-state index in [1.165, 1.54) is 0 Å². The van der Waals surface area contributed by atoms with E-state index in [1.54, 1.807) is 0 Å². The Kier molecular flexibility index (Phi) is 4.23. The highest BCUT2D eigenvalue weighted by Gasteiger charge is 2.22. The maximum absolute atomic E-state index is 12.1. The van der Waals surface area contributed by atoms with E-state index in [-0.39, 0.29) is 5.91 Å². The number of rotatable bonds is 2. The third-order valence-corrected chi connectivity index (χ3v) is 3.47. The van der Waals surface area contributed by atoms with Gasteiger partial charge in [0, 0.05) is 11.0 Å². The average Bonchev–Trinajstić information content (AvgIpc) is 2.41. The molecule has 0 radical (unpaired) electrons. The summed E-state index contributed by atoms with van der Waals surface area (Å²) < 4.78 is 0.773. The van der Waals surface area contributed by atoms with Crippen LogP contribution in [0.2, 0.25) is 0 Å². The molecule has 0 aliphatic heterocycles. The van der Waals surface area contributed by atoms with E-state index in [2.05, 4.69) is 26.2 Å². The first-order valence-electron chi connectivity index (χ1n) is 6.41. The second kappa shape index (κ2) is 5.75. The molecule has 0 aliphatic rings. The van der Waals surface area contributed by atoms with Crippen LogP contribution in [-0.2, 0) is 4.79 Å². The van der Waals surface area contributed by atoms with E-state index in [0.29, 0.717) is 5.82 Å². The number of pyridine rings is 1. The Morgan fingerprint density at radius 2 is 1.75 bits per heavy atom. The predicted molar refractivity (Wildman–Crippen MR) is 85.5 cm³/mol. The Balaban J connectivity index is 2.33. The zero-order valence-corrected chi connectivity index (χ0v) is 13.4. The molecular formula is C16H17BrN2O. The molecule has 4 heteroatoms. The van der Waals surface area contributed by atoms with Gasteiger partial charge in [-0.25, -0.2) is 4.98 Å². The van der Waals surface area contributed by atoms with Gasteiger partial charge in [-0.2, -0.15) is 0 Å². The fraction of sp³-hybridized carbons (Fsp3) is 0.250. The third kappa shape index (κ3) is 3.45. The molecule has 0 saturated carbocycles. The van der Waals surface area contributed by atoms with Crippen LogP contribution in [0.5, 0.6) is 0 Å². The molecule has 0 atom stereocenters. The van der Waals surface area contributed by atoms with Gasteiger partial charge in [0.05, 0.1) is 10.2 Å². The van der Waals surface area contributed by atoms with Crippen LogP contribution in [0.25, 0.3) is 11.3 Å². The molecule has 104 valence electrons. The molecule has 0 unspecified atom stereocenters. The van der Waals surface area contributed by atoms with Crippen molar-refractivity contribution in [1.82, 2.24) is 4.98 Å². The number of hydrogen-bond acceptors (Lipinski definition) is 2. The molecule has 1 aromatic heterocycles. The molecule has 1 aromatic carbocycles. The minimum absolute atomic E-state index is 0.0593. The van der Waals surface area contributed by atoms with Gasteiger partial charge in [0.15, 0.2) is 0 Å². The molecule has 2 aromatic rings. The Morgan fingerprint density at radius 1 is 1.10 bits per heavy atom. The van der Waals surface area contributed by atoms with Crippen molar-refractivity contribution in [3.05, 3.63) is 46.9 Å². The van der Waals surface area contributed by atoms with Gasteiger partial charge in [0.1, 0.15) is 5.82 Å². The molecule has 0 saturated heterocycles. The molecule has 0 fully saturated rings. The molecule has 1 heterocycles. The van der Waals surface area contributed by atoms with E-state index in [9.17, 15) is 4.79 Å². The van der Waals surface area contributed by atoms with Crippen molar-refractivity contribution in [2.45, 2.75) is 20.8 Å². The van der Waals surface area contributed by atoms with Gasteiger partial charge in [0.25, 0.3) is 0 Å². The van der Waals surface area contributed by atoms with Crippen LogP contribution in [0, 0.1) is 5.41 Å². The van der Waals surface area contributed by atoms with Crippen molar-refractivity contribution < 1.29 is 4.79 Å². The topological polar surface area (TPSA) is 42.0 Å². The van der Waals surface area contributed by atoms with Crippen molar-refractivity contribution in [2.75, 3.05) is 5.32 Å². The molecule has 1 N–H and O–H groups in total. The summed E-state index contributed by atoms with van der Waals surface area (Å²) in [6, 6.07) is 13.7. The van der Waals surface area contributed by atoms with Gasteiger partial charge in [-0.1, -0.05) is 51.1 Å². The van der Waals surface area contributed by atoms with Gasteiger partial charge < -0.3 is 5.32 Å². The minimum atomic E-state index is -0.454. The zero-order chi connectivity index (χ0) is 14.8. The number of anilines is 1. The Hall–Kier alpha value is -1.68. The lowest BCUT2D eigenvalue weighted by Crippen LogP contribution is -2.28. The SMILES string of the molecule is CC(C)(C)C(=O)Nc1nc(-c2ccccc2)ccc1Br. The Morgan fingerprint density at radius 3 is 2.35 bits per heavy atom. The van der Waals surface area contributed by atoms with Crippen LogP contribution in [0.3, 0.4) is 0 Å². The predicted octanol–water partition coefficient (Wildman–Crippen LogP) is 4.50. The summed E-state index contributed by atoms with van der Waals surface area (Å²) in [5.74, 6) is 0.488. The molecule has 0 bridgehead atoms. The number of amides is 1. The van der Waals surface area contributed by atoms with Gasteiger partial charge >= 0.3 is 0 Å².